The first-order valence-electron chi connectivity index (χ1n) is 7.99. The first-order chi connectivity index (χ1) is 12.5. The maximum absolute atomic E-state index is 13.2. The van der Waals surface area contributed by atoms with Crippen LogP contribution in [0.25, 0.3) is 0 Å². The fourth-order valence-corrected chi connectivity index (χ4v) is 3.92. The number of hydrogen-bond donors (Lipinski definition) is 0. The van der Waals surface area contributed by atoms with Gasteiger partial charge in [-0.2, -0.15) is 0 Å². The number of carbonyl (C=O) groups excluding carboxylic acids is 2. The fourth-order valence-electron chi connectivity index (χ4n) is 2.75. The van der Waals surface area contributed by atoms with Gasteiger partial charge in [0.15, 0.2) is 6.61 Å². The molecule has 1 amide bonds. The predicted molar refractivity (Wildman–Crippen MR) is 97.8 cm³/mol. The SMILES string of the molecule is COC(=O)COc1ccc(N2C(=O)CSC2c2ccc(F)cc2)c(C)c1. The van der Waals surface area contributed by atoms with Crippen LogP contribution >= 0.6 is 11.8 Å². The van der Waals surface area contributed by atoms with Gasteiger partial charge in [0.05, 0.1) is 12.9 Å². The molecule has 1 fully saturated rings. The summed E-state index contributed by atoms with van der Waals surface area (Å²) < 4.78 is 23.1. The van der Waals surface area contributed by atoms with E-state index >= 15 is 0 Å². The second-order valence-corrected chi connectivity index (χ2v) is 6.86. The maximum atomic E-state index is 13.2. The number of esters is 1. The fraction of sp³-hybridized carbons (Fsp3) is 0.263. The number of ether oxygens (including phenoxy) is 2. The number of thioether (sulfide) groups is 1. The van der Waals surface area contributed by atoms with Crippen molar-refractivity contribution in [1.29, 1.82) is 0 Å². The minimum Gasteiger partial charge on any atom is -0.482 e. The highest BCUT2D eigenvalue weighted by molar-refractivity contribution is 8.00. The summed E-state index contributed by atoms with van der Waals surface area (Å²) in [7, 11) is 1.30. The Balaban J connectivity index is 1.84. The molecule has 1 saturated heterocycles. The van der Waals surface area contributed by atoms with Crippen LogP contribution in [0.3, 0.4) is 0 Å². The lowest BCUT2D eigenvalue weighted by Crippen LogP contribution is -2.28. The van der Waals surface area contributed by atoms with Gasteiger partial charge in [0.2, 0.25) is 5.91 Å². The Kier molecular flexibility index (Phi) is 5.46. The summed E-state index contributed by atoms with van der Waals surface area (Å²) >= 11 is 1.50. The highest BCUT2D eigenvalue weighted by Crippen LogP contribution is 2.43. The summed E-state index contributed by atoms with van der Waals surface area (Å²) in [6.07, 6.45) is 0. The van der Waals surface area contributed by atoms with Crippen molar-refractivity contribution in [1.82, 2.24) is 0 Å². The summed E-state index contributed by atoms with van der Waals surface area (Å²) in [6, 6.07) is 11.5. The zero-order chi connectivity index (χ0) is 18.7. The molecule has 1 aliphatic heterocycles. The number of halogens is 1. The second kappa shape index (κ2) is 7.78. The molecule has 0 bridgehead atoms. The van der Waals surface area contributed by atoms with Crippen LogP contribution in [0.1, 0.15) is 16.5 Å². The zero-order valence-corrected chi connectivity index (χ0v) is 15.2. The Morgan fingerprint density at radius 1 is 1.27 bits per heavy atom. The number of anilines is 1. The molecule has 0 saturated carbocycles. The van der Waals surface area contributed by atoms with Gasteiger partial charge in [0, 0.05) is 5.69 Å². The van der Waals surface area contributed by atoms with Crippen LogP contribution in [-0.2, 0) is 14.3 Å². The second-order valence-electron chi connectivity index (χ2n) is 5.79. The minimum absolute atomic E-state index is 0.00402. The van der Waals surface area contributed by atoms with Crippen molar-refractivity contribution in [2.75, 3.05) is 24.4 Å². The van der Waals surface area contributed by atoms with Crippen LogP contribution < -0.4 is 9.64 Å². The molecule has 26 heavy (non-hydrogen) atoms. The predicted octanol–water partition coefficient (Wildman–Crippen LogP) is 3.46. The summed E-state index contributed by atoms with van der Waals surface area (Å²) in [5, 5.41) is -0.205. The third kappa shape index (κ3) is 3.83. The lowest BCUT2D eigenvalue weighted by Gasteiger charge is -2.26. The van der Waals surface area contributed by atoms with Crippen molar-refractivity contribution in [2.45, 2.75) is 12.3 Å². The van der Waals surface area contributed by atoms with Gasteiger partial charge in [-0.1, -0.05) is 12.1 Å². The Labute approximate surface area is 155 Å². The molecule has 136 valence electrons. The van der Waals surface area contributed by atoms with E-state index in [2.05, 4.69) is 4.74 Å². The Morgan fingerprint density at radius 2 is 2.00 bits per heavy atom. The van der Waals surface area contributed by atoms with Crippen LogP contribution in [0.2, 0.25) is 0 Å². The van der Waals surface area contributed by atoms with E-state index in [1.165, 1.54) is 31.0 Å². The Bertz CT molecular complexity index is 825. The summed E-state index contributed by atoms with van der Waals surface area (Å²) in [5.41, 5.74) is 2.47. The average Bonchev–Trinajstić information content (AvgIpc) is 3.01. The van der Waals surface area contributed by atoms with Crippen molar-refractivity contribution in [2.24, 2.45) is 0 Å². The monoisotopic (exact) mass is 375 g/mol. The van der Waals surface area contributed by atoms with E-state index in [-0.39, 0.29) is 23.7 Å². The van der Waals surface area contributed by atoms with E-state index in [9.17, 15) is 14.0 Å². The highest BCUT2D eigenvalue weighted by Gasteiger charge is 2.34. The number of benzene rings is 2. The summed E-state index contributed by atoms with van der Waals surface area (Å²) in [5.74, 6) is 0.110. The molecule has 1 atom stereocenters. The van der Waals surface area contributed by atoms with Crippen molar-refractivity contribution < 1.29 is 23.5 Å². The third-order valence-corrected chi connectivity index (χ3v) is 5.25. The van der Waals surface area contributed by atoms with E-state index < -0.39 is 5.97 Å². The number of hydrogen-bond acceptors (Lipinski definition) is 5. The van der Waals surface area contributed by atoms with Crippen LogP contribution in [0.5, 0.6) is 5.75 Å². The van der Waals surface area contributed by atoms with E-state index in [0.29, 0.717) is 11.5 Å². The van der Waals surface area contributed by atoms with Gasteiger partial charge in [0.25, 0.3) is 0 Å². The zero-order valence-electron chi connectivity index (χ0n) is 14.4. The molecule has 0 radical (unpaired) electrons. The first kappa shape index (κ1) is 18.3. The maximum Gasteiger partial charge on any atom is 0.343 e. The number of amides is 1. The van der Waals surface area contributed by atoms with E-state index in [1.807, 2.05) is 6.92 Å². The standard InChI is InChI=1S/C19H18FNO4S/c1-12-9-15(25-10-18(23)24-2)7-8-16(12)21-17(22)11-26-19(21)13-3-5-14(20)6-4-13/h3-9,19H,10-11H2,1-2H3. The molecule has 1 aliphatic rings. The van der Waals surface area contributed by atoms with Crippen LogP contribution in [-0.4, -0.2) is 31.3 Å². The smallest absolute Gasteiger partial charge is 0.343 e. The topological polar surface area (TPSA) is 55.8 Å². The van der Waals surface area contributed by atoms with Crippen molar-refractivity contribution >= 4 is 29.3 Å². The van der Waals surface area contributed by atoms with Gasteiger partial charge in [-0.3, -0.25) is 9.69 Å². The molecule has 2 aromatic carbocycles. The third-order valence-electron chi connectivity index (χ3n) is 4.04. The number of rotatable bonds is 5. The van der Waals surface area contributed by atoms with Crippen molar-refractivity contribution in [3.05, 3.63) is 59.4 Å². The quantitative estimate of drug-likeness (QED) is 0.749. The molecular weight excluding hydrogens is 357 g/mol. The molecule has 0 N–H and O–H groups in total. The first-order valence-corrected chi connectivity index (χ1v) is 9.04. The highest BCUT2D eigenvalue weighted by atomic mass is 32.2. The van der Waals surface area contributed by atoms with Crippen LogP contribution in [0.15, 0.2) is 42.5 Å². The van der Waals surface area contributed by atoms with Gasteiger partial charge < -0.3 is 9.47 Å². The van der Waals surface area contributed by atoms with Crippen molar-refractivity contribution in [3.63, 3.8) is 0 Å². The van der Waals surface area contributed by atoms with Crippen LogP contribution in [0.4, 0.5) is 10.1 Å². The van der Waals surface area contributed by atoms with Gasteiger partial charge in [-0.15, -0.1) is 11.8 Å². The van der Waals surface area contributed by atoms with E-state index in [4.69, 9.17) is 4.74 Å². The van der Waals surface area contributed by atoms with Gasteiger partial charge in [-0.25, -0.2) is 9.18 Å². The lowest BCUT2D eigenvalue weighted by atomic mass is 10.1. The van der Waals surface area contributed by atoms with Gasteiger partial charge in [0.1, 0.15) is 16.9 Å². The van der Waals surface area contributed by atoms with Gasteiger partial charge >= 0.3 is 5.97 Å². The Hall–Kier alpha value is -2.54. The lowest BCUT2D eigenvalue weighted by molar-refractivity contribution is -0.142. The summed E-state index contributed by atoms with van der Waals surface area (Å²) in [4.78, 5) is 25.4. The molecule has 1 unspecified atom stereocenters. The molecule has 7 heteroatoms. The van der Waals surface area contributed by atoms with E-state index in [1.54, 1.807) is 35.2 Å². The molecule has 0 aromatic heterocycles. The molecule has 5 nitrogen and oxygen atoms in total. The molecule has 0 aliphatic carbocycles. The minimum atomic E-state index is -0.464. The normalized spacial score (nSPS) is 16.7. The van der Waals surface area contributed by atoms with Gasteiger partial charge in [-0.05, 0) is 48.4 Å². The van der Waals surface area contributed by atoms with Crippen LogP contribution in [0, 0.1) is 12.7 Å². The molecule has 1 heterocycles. The largest absolute Gasteiger partial charge is 0.482 e. The number of carbonyl (C=O) groups is 2. The van der Waals surface area contributed by atoms with Crippen molar-refractivity contribution in [3.8, 4) is 5.75 Å². The number of aryl methyl sites for hydroxylation is 1. The molecule has 0 spiro atoms. The number of methoxy groups -OCH3 is 1. The Morgan fingerprint density at radius 3 is 2.65 bits per heavy atom. The number of nitrogens with zero attached hydrogens (tertiary/aromatic N) is 1. The van der Waals surface area contributed by atoms with E-state index in [0.717, 1.165) is 16.8 Å². The molecule has 3 rings (SSSR count). The molecule has 2 aromatic rings. The average molecular weight is 375 g/mol. The summed E-state index contributed by atoms with van der Waals surface area (Å²) in [6.45, 7) is 1.70. The molecular formula is C19H18FNO4S.